The maximum Gasteiger partial charge on any atom is 0.408 e. The van der Waals surface area contributed by atoms with Crippen molar-refractivity contribution in [3.8, 4) is 0 Å². The van der Waals surface area contributed by atoms with Gasteiger partial charge in [-0.1, -0.05) is 29.8 Å². The van der Waals surface area contributed by atoms with E-state index >= 15 is 0 Å². The zero-order chi connectivity index (χ0) is 26.8. The molecule has 2 fully saturated rings. The van der Waals surface area contributed by atoms with Gasteiger partial charge in [0.15, 0.2) is 14.6 Å². The fourth-order valence-electron chi connectivity index (χ4n) is 5.01. The Hall–Kier alpha value is -3.15. The molecule has 2 amide bonds. The van der Waals surface area contributed by atoms with Crippen molar-refractivity contribution in [3.63, 3.8) is 0 Å². The lowest BCUT2D eigenvalue weighted by Gasteiger charge is -2.34. The quantitative estimate of drug-likeness (QED) is 0.585. The van der Waals surface area contributed by atoms with Gasteiger partial charge in [0, 0.05) is 26.2 Å². The van der Waals surface area contributed by atoms with Crippen LogP contribution in [-0.2, 0) is 22.9 Å². The third-order valence-corrected chi connectivity index (χ3v) is 11.0. The van der Waals surface area contributed by atoms with Gasteiger partial charge in [-0.25, -0.2) is 8.42 Å². The highest BCUT2D eigenvalue weighted by Gasteiger charge is 2.78. The Balaban J connectivity index is 1.32. The van der Waals surface area contributed by atoms with Gasteiger partial charge in [-0.2, -0.15) is 13.2 Å². The second-order valence-corrected chi connectivity index (χ2v) is 12.8. The molecule has 1 aromatic heterocycles. The number of rotatable bonds is 7. The molecule has 0 spiro atoms. The van der Waals surface area contributed by atoms with Crippen molar-refractivity contribution in [2.75, 3.05) is 13.1 Å². The summed E-state index contributed by atoms with van der Waals surface area (Å²) in [5, 5.41) is 2.68. The molecule has 2 aromatic rings. The number of pyridine rings is 1. The predicted octanol–water partition coefficient (Wildman–Crippen LogP) is 2.58. The number of carbonyl (C=O) groups excluding carboxylic acids is 2. The Morgan fingerprint density at radius 3 is 2.22 bits per heavy atom. The van der Waals surface area contributed by atoms with Gasteiger partial charge in [-0.3, -0.25) is 14.4 Å². The highest BCUT2D eigenvalue weighted by atomic mass is 32.2. The summed E-state index contributed by atoms with van der Waals surface area (Å²) < 4.78 is 63.7. The van der Waals surface area contributed by atoms with Crippen LogP contribution in [0.4, 0.5) is 13.2 Å². The summed E-state index contributed by atoms with van der Waals surface area (Å²) in [6.45, 7) is 1.76. The molecule has 12 heteroatoms. The molecule has 2 heterocycles. The van der Waals surface area contributed by atoms with Crippen molar-refractivity contribution >= 4 is 21.7 Å². The van der Waals surface area contributed by atoms with Crippen LogP contribution in [0.5, 0.6) is 0 Å². The first-order valence-corrected chi connectivity index (χ1v) is 13.5. The molecule has 8 nitrogen and oxygen atoms in total. The lowest BCUT2D eigenvalue weighted by molar-refractivity contribution is -0.137. The molecule has 0 atom stereocenters. The summed E-state index contributed by atoms with van der Waals surface area (Å²) in [7, 11) is -4.57. The van der Waals surface area contributed by atoms with Gasteiger partial charge in [-0.05, 0) is 50.3 Å². The number of aryl methyl sites for hydroxylation is 1. The van der Waals surface area contributed by atoms with E-state index in [-0.39, 0.29) is 50.3 Å². The highest BCUT2D eigenvalue weighted by Crippen LogP contribution is 2.62. The number of carbonyl (C=O) groups is 2. The van der Waals surface area contributed by atoms with E-state index in [2.05, 4.69) is 5.32 Å². The lowest BCUT2D eigenvalue weighted by atomic mass is 10.1. The van der Waals surface area contributed by atoms with E-state index in [1.54, 1.807) is 0 Å². The molecule has 3 aliphatic rings. The Morgan fingerprint density at radius 1 is 1.00 bits per heavy atom. The molecule has 0 radical (unpaired) electrons. The number of sulfone groups is 1. The SMILES string of the molecule is Cc1ccc(CNC(=O)c2ccc3n(c2=O)CCN(CC2(S(=O)(=O)C4(C(F)(F)F)CC4)CC2)C3=O)cc1. The van der Waals surface area contributed by atoms with E-state index in [1.807, 2.05) is 31.2 Å². The fraction of sp³-hybridized carbons (Fsp3) is 0.480. The van der Waals surface area contributed by atoms with Crippen molar-refractivity contribution in [3.05, 3.63) is 69.1 Å². The molecule has 0 bridgehead atoms. The van der Waals surface area contributed by atoms with Crippen LogP contribution in [0.15, 0.2) is 41.2 Å². The average Bonchev–Trinajstić information content (AvgIpc) is 3.74. The number of nitrogens with zero attached hydrogens (tertiary/aromatic N) is 2. The summed E-state index contributed by atoms with van der Waals surface area (Å²) in [5.74, 6) is -1.24. The normalized spacial score (nSPS) is 19.8. The highest BCUT2D eigenvalue weighted by molar-refractivity contribution is 7.94. The van der Waals surface area contributed by atoms with Gasteiger partial charge in [0.2, 0.25) is 0 Å². The van der Waals surface area contributed by atoms with E-state index in [9.17, 15) is 36.0 Å². The van der Waals surface area contributed by atoms with Crippen LogP contribution in [0.1, 0.15) is 57.7 Å². The topological polar surface area (TPSA) is 106 Å². The van der Waals surface area contributed by atoms with E-state index in [4.69, 9.17) is 0 Å². The standard InChI is InChI=1S/C25H26F3N3O5S/c1-16-2-4-17(5-3-16)14-29-20(32)18-6-7-19-22(34)30(12-13-31(19)21(18)33)15-23(8-9-23)37(35,36)24(10-11-24)25(26,27)28/h2-7H,8-15H2,1H3,(H,29,32). The molecule has 37 heavy (non-hydrogen) atoms. The molecule has 1 N–H and O–H groups in total. The second kappa shape index (κ2) is 8.44. The zero-order valence-corrected chi connectivity index (χ0v) is 20.9. The number of amides is 2. The van der Waals surface area contributed by atoms with Gasteiger partial charge in [0.1, 0.15) is 11.3 Å². The minimum Gasteiger partial charge on any atom is -0.348 e. The predicted molar refractivity (Wildman–Crippen MR) is 128 cm³/mol. The number of hydrogen-bond donors (Lipinski definition) is 1. The molecular formula is C25H26F3N3O5S. The average molecular weight is 538 g/mol. The van der Waals surface area contributed by atoms with Crippen LogP contribution in [0, 0.1) is 6.92 Å². The third kappa shape index (κ3) is 4.05. The Bertz CT molecular complexity index is 1440. The van der Waals surface area contributed by atoms with E-state index < -0.39 is 55.7 Å². The molecule has 1 aromatic carbocycles. The lowest BCUT2D eigenvalue weighted by Crippen LogP contribution is -2.53. The largest absolute Gasteiger partial charge is 0.408 e. The second-order valence-electron chi connectivity index (χ2n) is 10.2. The molecule has 2 aliphatic carbocycles. The molecule has 5 rings (SSSR count). The van der Waals surface area contributed by atoms with E-state index in [0.717, 1.165) is 15.7 Å². The summed E-state index contributed by atoms with van der Waals surface area (Å²) in [6.07, 6.45) is -5.65. The first kappa shape index (κ1) is 25.5. The monoisotopic (exact) mass is 537 g/mol. The molecule has 198 valence electrons. The maximum absolute atomic E-state index is 13.6. The number of fused-ring (bicyclic) bond motifs is 1. The summed E-state index contributed by atoms with van der Waals surface area (Å²) in [5.41, 5.74) is 1.09. The zero-order valence-electron chi connectivity index (χ0n) is 20.1. The van der Waals surface area contributed by atoms with Crippen molar-refractivity contribution < 1.29 is 31.2 Å². The van der Waals surface area contributed by atoms with Gasteiger partial charge in [-0.15, -0.1) is 0 Å². The summed E-state index contributed by atoms with van der Waals surface area (Å²) in [4.78, 5) is 40.0. The van der Waals surface area contributed by atoms with Crippen molar-refractivity contribution in [2.45, 2.75) is 61.4 Å². The van der Waals surface area contributed by atoms with Crippen LogP contribution in [-0.4, -0.2) is 58.5 Å². The van der Waals surface area contributed by atoms with E-state index in [0.29, 0.717) is 0 Å². The summed E-state index contributed by atoms with van der Waals surface area (Å²) >= 11 is 0. The molecule has 1 aliphatic heterocycles. The number of benzene rings is 1. The van der Waals surface area contributed by atoms with Gasteiger partial charge < -0.3 is 14.8 Å². The number of aromatic nitrogens is 1. The van der Waals surface area contributed by atoms with Gasteiger partial charge in [0.25, 0.3) is 17.4 Å². The smallest absolute Gasteiger partial charge is 0.348 e. The number of alkyl halides is 3. The minimum absolute atomic E-state index is 0.000466. The third-order valence-electron chi connectivity index (χ3n) is 7.68. The van der Waals surface area contributed by atoms with Gasteiger partial charge >= 0.3 is 6.18 Å². The molecule has 0 saturated heterocycles. The molecular weight excluding hydrogens is 511 g/mol. The van der Waals surface area contributed by atoms with Crippen molar-refractivity contribution in [1.29, 1.82) is 0 Å². The van der Waals surface area contributed by atoms with E-state index in [1.165, 1.54) is 17.0 Å². The fourth-order valence-corrected chi connectivity index (χ4v) is 7.75. The summed E-state index contributed by atoms with van der Waals surface area (Å²) in [6, 6.07) is 10.1. The maximum atomic E-state index is 13.6. The minimum atomic E-state index is -4.86. The first-order valence-electron chi connectivity index (χ1n) is 12.0. The van der Waals surface area contributed by atoms with Crippen LogP contribution >= 0.6 is 0 Å². The van der Waals surface area contributed by atoms with Crippen molar-refractivity contribution in [1.82, 2.24) is 14.8 Å². The first-order chi connectivity index (χ1) is 17.3. The number of hydrogen-bond acceptors (Lipinski definition) is 5. The Morgan fingerprint density at radius 2 is 1.65 bits per heavy atom. The molecule has 0 unspecified atom stereocenters. The van der Waals surface area contributed by atoms with Crippen LogP contribution in [0.3, 0.4) is 0 Å². The van der Waals surface area contributed by atoms with Crippen LogP contribution < -0.4 is 10.9 Å². The van der Waals surface area contributed by atoms with Crippen molar-refractivity contribution in [2.24, 2.45) is 0 Å². The van der Waals surface area contributed by atoms with Crippen LogP contribution in [0.2, 0.25) is 0 Å². The Labute approximate surface area is 211 Å². The molecule has 2 saturated carbocycles. The number of halogens is 3. The van der Waals surface area contributed by atoms with Gasteiger partial charge in [0.05, 0.1) is 4.75 Å². The number of nitrogens with one attached hydrogen (secondary N) is 1. The van der Waals surface area contributed by atoms with Crippen LogP contribution in [0.25, 0.3) is 0 Å². The Kier molecular flexibility index (Phi) is 5.81.